The van der Waals surface area contributed by atoms with Crippen molar-refractivity contribution in [2.24, 2.45) is 4.99 Å². The number of hydrogen-bond acceptors (Lipinski definition) is 3. The van der Waals surface area contributed by atoms with Gasteiger partial charge in [-0.25, -0.2) is 0 Å². The Morgan fingerprint density at radius 3 is 2.72 bits per heavy atom. The molecular weight excluding hydrogens is 329 g/mol. The molecule has 1 N–H and O–H groups in total. The van der Waals surface area contributed by atoms with Crippen LogP contribution in [0.5, 0.6) is 0 Å². The van der Waals surface area contributed by atoms with Gasteiger partial charge >= 0.3 is 6.18 Å². The first-order valence-electron chi connectivity index (χ1n) is 5.20. The number of hydrogen-bond donors (Lipinski definition) is 1. The fourth-order valence-corrected chi connectivity index (χ4v) is 2.79. The van der Waals surface area contributed by atoms with Crippen LogP contribution >= 0.6 is 27.7 Å². The maximum absolute atomic E-state index is 12.9. The Labute approximate surface area is 115 Å². The van der Waals surface area contributed by atoms with Gasteiger partial charge in [0.1, 0.15) is 0 Å². The molecule has 1 atom stereocenters. The molecule has 1 heterocycles. The van der Waals surface area contributed by atoms with Gasteiger partial charge in [-0.1, -0.05) is 27.7 Å². The van der Waals surface area contributed by atoms with Gasteiger partial charge in [-0.2, -0.15) is 13.2 Å². The number of nitrogens with one attached hydrogen (secondary N) is 1. The lowest BCUT2D eigenvalue weighted by molar-refractivity contribution is -0.136. The number of anilines is 1. The van der Waals surface area contributed by atoms with Gasteiger partial charge < -0.3 is 5.32 Å². The van der Waals surface area contributed by atoms with Crippen molar-refractivity contribution in [2.75, 3.05) is 11.1 Å². The van der Waals surface area contributed by atoms with E-state index in [0.29, 0.717) is 9.64 Å². The van der Waals surface area contributed by atoms with Gasteiger partial charge in [-0.15, -0.1) is 0 Å². The third kappa shape index (κ3) is 3.20. The molecule has 0 saturated carbocycles. The highest BCUT2D eigenvalue weighted by atomic mass is 79.9. The number of thioether (sulfide) groups is 1. The van der Waals surface area contributed by atoms with E-state index in [1.54, 1.807) is 6.07 Å². The molecule has 1 aromatic carbocycles. The number of rotatable bonds is 1. The minimum Gasteiger partial charge on any atom is -0.334 e. The Bertz CT molecular complexity index is 488. The van der Waals surface area contributed by atoms with E-state index in [-0.39, 0.29) is 11.7 Å². The van der Waals surface area contributed by atoms with Crippen LogP contribution in [0.25, 0.3) is 0 Å². The van der Waals surface area contributed by atoms with Crippen LogP contribution in [-0.2, 0) is 6.18 Å². The summed E-state index contributed by atoms with van der Waals surface area (Å²) in [6.45, 7) is 1.92. The van der Waals surface area contributed by atoms with Crippen molar-refractivity contribution in [1.29, 1.82) is 0 Å². The molecule has 2 rings (SSSR count). The van der Waals surface area contributed by atoms with E-state index in [4.69, 9.17) is 0 Å². The standard InChI is InChI=1S/C11H10BrF3N2S/c1-6-5-18-10(16-6)17-9-3-2-7(12)4-8(9)11(13,14)15/h2-4,6H,5H2,1H3,(H,16,17). The van der Waals surface area contributed by atoms with Gasteiger partial charge in [-0.05, 0) is 25.1 Å². The molecule has 98 valence electrons. The maximum Gasteiger partial charge on any atom is 0.418 e. The van der Waals surface area contributed by atoms with Gasteiger partial charge in [0.05, 0.1) is 17.3 Å². The largest absolute Gasteiger partial charge is 0.418 e. The van der Waals surface area contributed by atoms with Crippen LogP contribution in [0, 0.1) is 0 Å². The van der Waals surface area contributed by atoms with Crippen LogP contribution < -0.4 is 5.32 Å². The first kappa shape index (κ1) is 13.7. The van der Waals surface area contributed by atoms with Crippen molar-refractivity contribution >= 4 is 38.5 Å². The van der Waals surface area contributed by atoms with E-state index in [0.717, 1.165) is 11.8 Å². The van der Waals surface area contributed by atoms with E-state index < -0.39 is 11.7 Å². The number of nitrogens with zero attached hydrogens (tertiary/aromatic N) is 1. The minimum absolute atomic E-state index is 0.0334. The zero-order valence-electron chi connectivity index (χ0n) is 9.38. The molecule has 0 aromatic heterocycles. The number of amidine groups is 1. The van der Waals surface area contributed by atoms with Crippen LogP contribution in [0.1, 0.15) is 12.5 Å². The van der Waals surface area contributed by atoms with E-state index in [1.165, 1.54) is 17.8 Å². The monoisotopic (exact) mass is 338 g/mol. The zero-order chi connectivity index (χ0) is 13.3. The van der Waals surface area contributed by atoms with Crippen molar-refractivity contribution in [1.82, 2.24) is 0 Å². The molecule has 1 aliphatic heterocycles. The molecule has 1 aromatic rings. The Balaban J connectivity index is 2.30. The lowest BCUT2D eigenvalue weighted by atomic mass is 10.2. The summed E-state index contributed by atoms with van der Waals surface area (Å²) in [5, 5.41) is 3.28. The average Bonchev–Trinajstić information content (AvgIpc) is 2.65. The molecule has 0 amide bonds. The highest BCUT2D eigenvalue weighted by Gasteiger charge is 2.34. The van der Waals surface area contributed by atoms with Crippen molar-refractivity contribution in [3.63, 3.8) is 0 Å². The molecule has 0 bridgehead atoms. The van der Waals surface area contributed by atoms with Crippen molar-refractivity contribution < 1.29 is 13.2 Å². The van der Waals surface area contributed by atoms with Crippen LogP contribution in [0.15, 0.2) is 27.7 Å². The summed E-state index contributed by atoms with van der Waals surface area (Å²) < 4.78 is 39.0. The topological polar surface area (TPSA) is 24.4 Å². The Kier molecular flexibility index (Phi) is 3.91. The summed E-state index contributed by atoms with van der Waals surface area (Å²) in [4.78, 5) is 4.22. The summed E-state index contributed by atoms with van der Waals surface area (Å²) >= 11 is 4.48. The van der Waals surface area contributed by atoms with E-state index in [2.05, 4.69) is 26.2 Å². The second-order valence-electron chi connectivity index (χ2n) is 3.91. The number of aliphatic imine (C=N–C) groups is 1. The van der Waals surface area contributed by atoms with E-state index in [1.807, 2.05) is 6.92 Å². The number of halogens is 4. The van der Waals surface area contributed by atoms with Crippen molar-refractivity contribution in [3.05, 3.63) is 28.2 Å². The highest BCUT2D eigenvalue weighted by molar-refractivity contribution is 9.10. The van der Waals surface area contributed by atoms with Crippen molar-refractivity contribution in [2.45, 2.75) is 19.1 Å². The second-order valence-corrected chi connectivity index (χ2v) is 5.83. The molecule has 1 aliphatic rings. The maximum atomic E-state index is 12.9. The third-order valence-electron chi connectivity index (χ3n) is 2.33. The molecule has 0 spiro atoms. The molecule has 0 saturated heterocycles. The first-order valence-corrected chi connectivity index (χ1v) is 6.98. The van der Waals surface area contributed by atoms with Gasteiger partial charge in [0.15, 0.2) is 5.17 Å². The third-order valence-corrected chi connectivity index (χ3v) is 3.95. The smallest absolute Gasteiger partial charge is 0.334 e. The molecule has 0 aliphatic carbocycles. The summed E-state index contributed by atoms with van der Waals surface area (Å²) in [6, 6.07) is 4.17. The van der Waals surface area contributed by atoms with Crippen LogP contribution in [0.2, 0.25) is 0 Å². The normalized spacial score (nSPS) is 19.8. The first-order chi connectivity index (χ1) is 8.36. The summed E-state index contributed by atoms with van der Waals surface area (Å²) in [6.07, 6.45) is -4.39. The average molecular weight is 339 g/mol. The van der Waals surface area contributed by atoms with Crippen LogP contribution in [-0.4, -0.2) is 17.0 Å². The summed E-state index contributed by atoms with van der Waals surface area (Å²) in [5.74, 6) is 0.792. The molecule has 0 fully saturated rings. The summed E-state index contributed by atoms with van der Waals surface area (Å²) in [5.41, 5.74) is -0.661. The summed E-state index contributed by atoms with van der Waals surface area (Å²) in [7, 11) is 0. The Morgan fingerprint density at radius 2 is 2.17 bits per heavy atom. The molecule has 18 heavy (non-hydrogen) atoms. The zero-order valence-corrected chi connectivity index (χ0v) is 11.8. The Morgan fingerprint density at radius 1 is 1.44 bits per heavy atom. The van der Waals surface area contributed by atoms with Gasteiger partial charge in [0.25, 0.3) is 0 Å². The quantitative estimate of drug-likeness (QED) is 0.822. The molecule has 7 heteroatoms. The van der Waals surface area contributed by atoms with E-state index >= 15 is 0 Å². The fraction of sp³-hybridized carbons (Fsp3) is 0.364. The lowest BCUT2D eigenvalue weighted by Gasteiger charge is -2.14. The lowest BCUT2D eigenvalue weighted by Crippen LogP contribution is -2.13. The van der Waals surface area contributed by atoms with Crippen molar-refractivity contribution in [3.8, 4) is 0 Å². The predicted octanol–water partition coefficient (Wildman–Crippen LogP) is 4.37. The van der Waals surface area contributed by atoms with Crippen LogP contribution in [0.4, 0.5) is 18.9 Å². The number of alkyl halides is 3. The van der Waals surface area contributed by atoms with Gasteiger partial charge in [-0.3, -0.25) is 4.99 Å². The Hall–Kier alpha value is -0.690. The van der Waals surface area contributed by atoms with E-state index in [9.17, 15) is 13.2 Å². The molecule has 0 radical (unpaired) electrons. The fourth-order valence-electron chi connectivity index (χ4n) is 1.52. The molecule has 1 unspecified atom stereocenters. The number of benzene rings is 1. The molecular formula is C11H10BrF3N2S. The molecule has 2 nitrogen and oxygen atoms in total. The van der Waals surface area contributed by atoms with Gasteiger partial charge in [0.2, 0.25) is 0 Å². The van der Waals surface area contributed by atoms with Crippen LogP contribution in [0.3, 0.4) is 0 Å². The minimum atomic E-state index is -4.39. The SMILES string of the molecule is CC1CSC(Nc2ccc(Br)cc2C(F)(F)F)=N1. The predicted molar refractivity (Wildman–Crippen MR) is 72.1 cm³/mol. The highest BCUT2D eigenvalue weighted by Crippen LogP contribution is 2.37. The second kappa shape index (κ2) is 5.13. The van der Waals surface area contributed by atoms with Gasteiger partial charge in [0, 0.05) is 10.2 Å².